The van der Waals surface area contributed by atoms with Crippen LogP contribution in [0.1, 0.15) is 37.3 Å². The molecule has 8 nitrogen and oxygen atoms in total. The summed E-state index contributed by atoms with van der Waals surface area (Å²) in [7, 11) is 1.59. The van der Waals surface area contributed by atoms with Gasteiger partial charge in [0.25, 0.3) is 5.91 Å². The Bertz CT molecular complexity index is 1090. The number of carbonyl (C=O) groups is 2. The molecule has 2 aromatic carbocycles. The number of rotatable bonds is 7. The normalized spacial score (nSPS) is 18.4. The molecular weight excluding hydrogens is 396 g/mol. The van der Waals surface area contributed by atoms with E-state index < -0.39 is 11.6 Å². The zero-order chi connectivity index (χ0) is 22.0. The van der Waals surface area contributed by atoms with E-state index >= 15 is 0 Å². The maximum atomic E-state index is 13.1. The van der Waals surface area contributed by atoms with Crippen molar-refractivity contribution in [2.24, 2.45) is 0 Å². The first-order chi connectivity index (χ1) is 14.9. The van der Waals surface area contributed by atoms with Crippen molar-refractivity contribution in [1.82, 2.24) is 20.4 Å². The number of nitrogens with zero attached hydrogens (tertiary/aromatic N) is 3. The molecule has 3 aromatic rings. The summed E-state index contributed by atoms with van der Waals surface area (Å²) < 4.78 is 10.8. The Morgan fingerprint density at radius 1 is 1.06 bits per heavy atom. The van der Waals surface area contributed by atoms with Crippen molar-refractivity contribution in [2.45, 2.75) is 38.8 Å². The lowest BCUT2D eigenvalue weighted by atomic mass is 9.91. The number of hydrogen-bond acceptors (Lipinski definition) is 6. The van der Waals surface area contributed by atoms with Crippen molar-refractivity contribution in [1.29, 1.82) is 0 Å². The molecule has 3 amide bonds. The third-order valence-electron chi connectivity index (χ3n) is 5.44. The van der Waals surface area contributed by atoms with Gasteiger partial charge in [-0.1, -0.05) is 37.6 Å². The SMILES string of the molecule is CCCc1ccc(C2(C)NC(=O)N(Cc3nnc(-c4ccc(OC)cc4)o3)C2=O)cc1. The van der Waals surface area contributed by atoms with Crippen molar-refractivity contribution in [3.8, 4) is 17.2 Å². The number of aryl methyl sites for hydroxylation is 1. The van der Waals surface area contributed by atoms with Crippen LogP contribution in [0.2, 0.25) is 0 Å². The molecule has 1 N–H and O–H groups in total. The van der Waals surface area contributed by atoms with Crippen LogP contribution >= 0.6 is 0 Å². The second-order valence-electron chi connectivity index (χ2n) is 7.62. The summed E-state index contributed by atoms with van der Waals surface area (Å²) in [5.41, 5.74) is 1.51. The van der Waals surface area contributed by atoms with E-state index in [4.69, 9.17) is 9.15 Å². The fraction of sp³-hybridized carbons (Fsp3) is 0.304. The first-order valence-electron chi connectivity index (χ1n) is 10.1. The number of aromatic nitrogens is 2. The lowest BCUT2D eigenvalue weighted by molar-refractivity contribution is -0.131. The van der Waals surface area contributed by atoms with Gasteiger partial charge in [0.15, 0.2) is 0 Å². The van der Waals surface area contributed by atoms with E-state index in [0.29, 0.717) is 17.2 Å². The van der Waals surface area contributed by atoms with Crippen molar-refractivity contribution < 1.29 is 18.7 Å². The van der Waals surface area contributed by atoms with E-state index in [-0.39, 0.29) is 18.3 Å². The molecule has 1 aliphatic rings. The highest BCUT2D eigenvalue weighted by molar-refractivity contribution is 6.07. The van der Waals surface area contributed by atoms with Gasteiger partial charge in [-0.2, -0.15) is 0 Å². The monoisotopic (exact) mass is 420 g/mol. The lowest BCUT2D eigenvalue weighted by Crippen LogP contribution is -2.40. The summed E-state index contributed by atoms with van der Waals surface area (Å²) in [4.78, 5) is 26.8. The Kier molecular flexibility index (Phi) is 5.46. The minimum Gasteiger partial charge on any atom is -0.497 e. The van der Waals surface area contributed by atoms with E-state index in [1.165, 1.54) is 5.56 Å². The fourth-order valence-electron chi connectivity index (χ4n) is 3.63. The average Bonchev–Trinajstić information content (AvgIpc) is 3.34. The van der Waals surface area contributed by atoms with Crippen LogP contribution in [0.15, 0.2) is 52.9 Å². The fourth-order valence-corrected chi connectivity index (χ4v) is 3.63. The van der Waals surface area contributed by atoms with Gasteiger partial charge in [-0.3, -0.25) is 9.69 Å². The number of imide groups is 1. The third kappa shape index (κ3) is 3.88. The van der Waals surface area contributed by atoms with E-state index in [2.05, 4.69) is 22.4 Å². The number of hydrogen-bond donors (Lipinski definition) is 1. The van der Waals surface area contributed by atoms with Gasteiger partial charge in [0.2, 0.25) is 11.8 Å². The number of urea groups is 1. The summed E-state index contributed by atoms with van der Waals surface area (Å²) >= 11 is 0. The number of ether oxygens (including phenoxy) is 1. The first-order valence-corrected chi connectivity index (χ1v) is 10.1. The average molecular weight is 420 g/mol. The Morgan fingerprint density at radius 2 is 1.77 bits per heavy atom. The number of benzene rings is 2. The second kappa shape index (κ2) is 8.22. The van der Waals surface area contributed by atoms with Gasteiger partial charge >= 0.3 is 6.03 Å². The van der Waals surface area contributed by atoms with Crippen LogP contribution < -0.4 is 10.1 Å². The second-order valence-corrected chi connectivity index (χ2v) is 7.62. The van der Waals surface area contributed by atoms with Gasteiger partial charge in [-0.05, 0) is 48.7 Å². The Morgan fingerprint density at radius 3 is 2.42 bits per heavy atom. The highest BCUT2D eigenvalue weighted by Gasteiger charge is 2.49. The van der Waals surface area contributed by atoms with Crippen LogP contribution in [-0.2, 0) is 23.3 Å². The molecule has 4 rings (SSSR count). The molecule has 1 aromatic heterocycles. The van der Waals surface area contributed by atoms with Crippen molar-refractivity contribution >= 4 is 11.9 Å². The molecule has 31 heavy (non-hydrogen) atoms. The third-order valence-corrected chi connectivity index (χ3v) is 5.44. The standard InChI is InChI=1S/C23H24N4O4/c1-4-5-15-6-10-17(11-7-15)23(2)21(28)27(22(29)24-23)14-19-25-26-20(31-19)16-8-12-18(30-3)13-9-16/h6-13H,4-5,14H2,1-3H3,(H,24,29). The van der Waals surface area contributed by atoms with Gasteiger partial charge in [-0.25, -0.2) is 4.79 Å². The molecule has 0 aliphatic carbocycles. The summed E-state index contributed by atoms with van der Waals surface area (Å²) in [6.45, 7) is 3.72. The maximum absolute atomic E-state index is 13.1. The molecule has 8 heteroatoms. The summed E-state index contributed by atoms with van der Waals surface area (Å²) in [5, 5.41) is 10.8. The van der Waals surface area contributed by atoms with Crippen molar-refractivity contribution in [2.75, 3.05) is 7.11 Å². The molecule has 160 valence electrons. The highest BCUT2D eigenvalue weighted by Crippen LogP contribution is 2.30. The van der Waals surface area contributed by atoms with Crippen LogP contribution in [0.3, 0.4) is 0 Å². The Labute approximate surface area is 180 Å². The molecular formula is C23H24N4O4. The van der Waals surface area contributed by atoms with Gasteiger partial charge in [-0.15, -0.1) is 10.2 Å². The highest BCUT2D eigenvalue weighted by atomic mass is 16.5. The van der Waals surface area contributed by atoms with Gasteiger partial charge < -0.3 is 14.5 Å². The van der Waals surface area contributed by atoms with E-state index in [1.807, 2.05) is 24.3 Å². The molecule has 0 radical (unpaired) electrons. The van der Waals surface area contributed by atoms with E-state index in [9.17, 15) is 9.59 Å². The number of carbonyl (C=O) groups excluding carboxylic acids is 2. The van der Waals surface area contributed by atoms with Crippen LogP contribution in [0.25, 0.3) is 11.5 Å². The number of nitrogens with one attached hydrogen (secondary N) is 1. The number of amides is 3. The van der Waals surface area contributed by atoms with Crippen molar-refractivity contribution in [3.05, 3.63) is 65.5 Å². The summed E-state index contributed by atoms with van der Waals surface area (Å²) in [5.74, 6) is 0.839. The lowest BCUT2D eigenvalue weighted by Gasteiger charge is -2.22. The molecule has 1 unspecified atom stereocenters. The smallest absolute Gasteiger partial charge is 0.325 e. The molecule has 2 heterocycles. The molecule has 0 saturated carbocycles. The Hall–Kier alpha value is -3.68. The van der Waals surface area contributed by atoms with Crippen LogP contribution in [0, 0.1) is 0 Å². The predicted octanol–water partition coefficient (Wildman–Crippen LogP) is 3.66. The van der Waals surface area contributed by atoms with Gasteiger partial charge in [0, 0.05) is 5.56 Å². The summed E-state index contributed by atoms with van der Waals surface area (Å²) in [6.07, 6.45) is 2.01. The van der Waals surface area contributed by atoms with E-state index in [0.717, 1.165) is 23.3 Å². The molecule has 0 bridgehead atoms. The molecule has 1 aliphatic heterocycles. The van der Waals surface area contributed by atoms with Gasteiger partial charge in [0.05, 0.1) is 7.11 Å². The molecule has 0 spiro atoms. The van der Waals surface area contributed by atoms with Crippen molar-refractivity contribution in [3.63, 3.8) is 0 Å². The quantitative estimate of drug-likeness (QED) is 0.586. The van der Waals surface area contributed by atoms with E-state index in [1.54, 1.807) is 38.3 Å². The maximum Gasteiger partial charge on any atom is 0.325 e. The first kappa shape index (κ1) is 20.6. The van der Waals surface area contributed by atoms with Crippen LogP contribution in [0.4, 0.5) is 4.79 Å². The molecule has 1 fully saturated rings. The van der Waals surface area contributed by atoms with Gasteiger partial charge in [0.1, 0.15) is 17.8 Å². The minimum absolute atomic E-state index is 0.0999. The van der Waals surface area contributed by atoms with Crippen LogP contribution in [0.5, 0.6) is 5.75 Å². The summed E-state index contributed by atoms with van der Waals surface area (Å²) in [6, 6.07) is 14.4. The predicted molar refractivity (Wildman–Crippen MR) is 113 cm³/mol. The largest absolute Gasteiger partial charge is 0.497 e. The zero-order valence-electron chi connectivity index (χ0n) is 17.7. The zero-order valence-corrected chi connectivity index (χ0v) is 17.7. The number of methoxy groups -OCH3 is 1. The molecule has 1 saturated heterocycles. The topological polar surface area (TPSA) is 97.6 Å². The van der Waals surface area contributed by atoms with Crippen LogP contribution in [-0.4, -0.2) is 34.1 Å². The Balaban J connectivity index is 1.51. The minimum atomic E-state index is -1.14. The molecule has 1 atom stereocenters.